The van der Waals surface area contributed by atoms with E-state index < -0.39 is 27.6 Å². The van der Waals surface area contributed by atoms with Crippen molar-refractivity contribution in [1.29, 1.82) is 0 Å². The molecule has 162 valence electrons. The van der Waals surface area contributed by atoms with Crippen molar-refractivity contribution in [2.75, 3.05) is 11.3 Å². The van der Waals surface area contributed by atoms with Crippen LogP contribution >= 0.6 is 0 Å². The smallest absolute Gasteiger partial charge is 0.275 e. The Morgan fingerprint density at radius 3 is 2.70 bits per heavy atom. The molecule has 0 radical (unpaired) electrons. The number of guanidine groups is 1. The molecular weight excluding hydrogens is 414 g/mol. The number of hydrogen-bond donors (Lipinski definition) is 4. The van der Waals surface area contributed by atoms with Gasteiger partial charge in [0.15, 0.2) is 0 Å². The molecule has 2 rings (SSSR count). The molecule has 0 aliphatic carbocycles. The van der Waals surface area contributed by atoms with Gasteiger partial charge in [0.1, 0.15) is 23.2 Å². The van der Waals surface area contributed by atoms with Crippen molar-refractivity contribution in [3.8, 4) is 0 Å². The number of carbonyl (C=O) groups is 1. The van der Waals surface area contributed by atoms with Crippen LogP contribution in [0.15, 0.2) is 51.5 Å². The van der Waals surface area contributed by atoms with E-state index in [0.29, 0.717) is 5.69 Å². The Kier molecular flexibility index (Phi) is 7.36. The molecule has 0 aliphatic rings. The highest BCUT2D eigenvalue weighted by molar-refractivity contribution is 7.92. The highest BCUT2D eigenvalue weighted by Gasteiger charge is 2.18. The summed E-state index contributed by atoms with van der Waals surface area (Å²) in [5.41, 5.74) is 9.92. The van der Waals surface area contributed by atoms with Crippen molar-refractivity contribution in [3.05, 3.63) is 52.7 Å². The lowest BCUT2D eigenvalue weighted by Gasteiger charge is -2.15. The molecule has 2 aromatic heterocycles. The molecule has 0 aliphatic heterocycles. The number of amides is 1. The molecule has 0 spiro atoms. The number of pyridine rings is 2. The molecule has 2 aromatic rings. The van der Waals surface area contributed by atoms with Crippen LogP contribution in [0.5, 0.6) is 0 Å². The van der Waals surface area contributed by atoms with Crippen molar-refractivity contribution >= 4 is 27.6 Å². The molecule has 1 unspecified atom stereocenters. The van der Waals surface area contributed by atoms with E-state index in [0.717, 1.165) is 10.8 Å². The standard InChI is InChI=1S/C17H23N7O5S/c1-11-5-6-14(23-30(27,28)13-4-3-7-20-9-13)16(26)24(11)10-15(25)21-8-12(2)29-22-17(18)19/h3-7,9,12,23H,8,10H2,1-2H3,(H,21,25)(H4,18,19,22). The van der Waals surface area contributed by atoms with Gasteiger partial charge in [0.25, 0.3) is 15.6 Å². The van der Waals surface area contributed by atoms with Crippen molar-refractivity contribution in [1.82, 2.24) is 14.9 Å². The van der Waals surface area contributed by atoms with Crippen LogP contribution in [0.2, 0.25) is 0 Å². The second-order valence-electron chi connectivity index (χ2n) is 6.31. The van der Waals surface area contributed by atoms with Gasteiger partial charge in [-0.05, 0) is 43.3 Å². The summed E-state index contributed by atoms with van der Waals surface area (Å²) in [5, 5.41) is 5.96. The monoisotopic (exact) mass is 437 g/mol. The van der Waals surface area contributed by atoms with Gasteiger partial charge < -0.3 is 26.2 Å². The van der Waals surface area contributed by atoms with E-state index in [4.69, 9.17) is 16.3 Å². The van der Waals surface area contributed by atoms with Gasteiger partial charge in [-0.3, -0.25) is 19.3 Å². The molecule has 30 heavy (non-hydrogen) atoms. The van der Waals surface area contributed by atoms with E-state index in [9.17, 15) is 18.0 Å². The van der Waals surface area contributed by atoms with Gasteiger partial charge in [0.2, 0.25) is 11.9 Å². The van der Waals surface area contributed by atoms with E-state index in [1.54, 1.807) is 13.8 Å². The fourth-order valence-electron chi connectivity index (χ4n) is 2.30. The number of aromatic nitrogens is 2. The van der Waals surface area contributed by atoms with E-state index >= 15 is 0 Å². The predicted molar refractivity (Wildman–Crippen MR) is 110 cm³/mol. The van der Waals surface area contributed by atoms with Crippen LogP contribution < -0.4 is 27.1 Å². The number of anilines is 1. The summed E-state index contributed by atoms with van der Waals surface area (Å²) in [4.78, 5) is 33.5. The minimum absolute atomic E-state index is 0.0935. The first-order valence-corrected chi connectivity index (χ1v) is 10.2. The Balaban J connectivity index is 2.12. The summed E-state index contributed by atoms with van der Waals surface area (Å²) in [6, 6.07) is 5.68. The van der Waals surface area contributed by atoms with Gasteiger partial charge in [-0.1, -0.05) is 0 Å². The van der Waals surface area contributed by atoms with E-state index in [1.807, 2.05) is 0 Å². The summed E-state index contributed by atoms with van der Waals surface area (Å²) >= 11 is 0. The molecule has 0 bridgehead atoms. The number of nitrogens with zero attached hydrogens (tertiary/aromatic N) is 3. The maximum Gasteiger partial charge on any atom is 0.275 e. The normalized spacial score (nSPS) is 11.9. The molecular formula is C17H23N7O5S. The molecule has 13 heteroatoms. The first kappa shape index (κ1) is 22.7. The Bertz CT molecular complexity index is 1080. The number of nitrogens with one attached hydrogen (secondary N) is 2. The lowest BCUT2D eigenvalue weighted by atomic mass is 10.3. The van der Waals surface area contributed by atoms with Gasteiger partial charge in [-0.15, -0.1) is 0 Å². The van der Waals surface area contributed by atoms with Gasteiger partial charge in [-0.25, -0.2) is 8.42 Å². The Hall–Kier alpha value is -3.61. The quantitative estimate of drug-likeness (QED) is 0.220. The summed E-state index contributed by atoms with van der Waals surface area (Å²) in [6.07, 6.45) is 2.08. The average molecular weight is 437 g/mol. The highest BCUT2D eigenvalue weighted by Crippen LogP contribution is 2.12. The molecule has 0 fully saturated rings. The number of hydrogen-bond acceptors (Lipinski definition) is 7. The highest BCUT2D eigenvalue weighted by atomic mass is 32.2. The summed E-state index contributed by atoms with van der Waals surface area (Å²) in [7, 11) is -4.00. The third-order valence-corrected chi connectivity index (χ3v) is 5.16. The predicted octanol–water partition coefficient (Wildman–Crippen LogP) is -0.938. The fraction of sp³-hybridized carbons (Fsp3) is 0.294. The lowest BCUT2D eigenvalue weighted by Crippen LogP contribution is -2.37. The molecule has 0 saturated heterocycles. The van der Waals surface area contributed by atoms with Crippen LogP contribution in [-0.4, -0.2) is 42.5 Å². The van der Waals surface area contributed by atoms with Gasteiger partial charge >= 0.3 is 0 Å². The topological polar surface area (TPSA) is 184 Å². The number of oxime groups is 1. The molecule has 0 saturated carbocycles. The second-order valence-corrected chi connectivity index (χ2v) is 7.99. The zero-order valence-corrected chi connectivity index (χ0v) is 17.2. The zero-order chi connectivity index (χ0) is 22.3. The molecule has 2 heterocycles. The molecule has 1 amide bonds. The number of carbonyl (C=O) groups excluding carboxylic acids is 1. The van der Waals surface area contributed by atoms with Crippen LogP contribution in [0, 0.1) is 6.92 Å². The number of nitrogens with two attached hydrogens (primary N) is 2. The summed E-state index contributed by atoms with van der Waals surface area (Å²) < 4.78 is 28.3. The maximum absolute atomic E-state index is 12.7. The van der Waals surface area contributed by atoms with Gasteiger partial charge in [0, 0.05) is 18.1 Å². The van der Waals surface area contributed by atoms with Crippen LogP contribution in [0.4, 0.5) is 5.69 Å². The average Bonchev–Trinajstić information content (AvgIpc) is 2.70. The van der Waals surface area contributed by atoms with Gasteiger partial charge in [-0.2, -0.15) is 0 Å². The molecule has 0 aromatic carbocycles. The minimum Gasteiger partial charge on any atom is -0.388 e. The first-order valence-electron chi connectivity index (χ1n) is 8.75. The Morgan fingerprint density at radius 2 is 2.07 bits per heavy atom. The van der Waals surface area contributed by atoms with Crippen LogP contribution in [-0.2, 0) is 26.2 Å². The van der Waals surface area contributed by atoms with E-state index in [2.05, 4.69) is 20.2 Å². The molecule has 1 atom stereocenters. The summed E-state index contributed by atoms with van der Waals surface area (Å²) in [5.74, 6) is -0.728. The fourth-order valence-corrected chi connectivity index (χ4v) is 3.32. The van der Waals surface area contributed by atoms with Crippen molar-refractivity contribution in [2.24, 2.45) is 16.6 Å². The number of sulfonamides is 1. The van der Waals surface area contributed by atoms with E-state index in [1.165, 1.54) is 30.5 Å². The third kappa shape index (κ3) is 6.20. The van der Waals surface area contributed by atoms with E-state index in [-0.39, 0.29) is 29.6 Å². The second kappa shape index (κ2) is 9.73. The molecule has 12 nitrogen and oxygen atoms in total. The number of rotatable bonds is 9. The van der Waals surface area contributed by atoms with Crippen LogP contribution in [0.25, 0.3) is 0 Å². The van der Waals surface area contributed by atoms with Gasteiger partial charge in [0.05, 0.1) is 6.54 Å². The van der Waals surface area contributed by atoms with Crippen molar-refractivity contribution in [2.45, 2.75) is 31.4 Å². The lowest BCUT2D eigenvalue weighted by molar-refractivity contribution is -0.122. The maximum atomic E-state index is 12.7. The van der Waals surface area contributed by atoms with Crippen molar-refractivity contribution in [3.63, 3.8) is 0 Å². The summed E-state index contributed by atoms with van der Waals surface area (Å²) in [6.45, 7) is 3.04. The largest absolute Gasteiger partial charge is 0.388 e. The third-order valence-electron chi connectivity index (χ3n) is 3.81. The number of aryl methyl sites for hydroxylation is 1. The van der Waals surface area contributed by atoms with Crippen LogP contribution in [0.3, 0.4) is 0 Å². The van der Waals surface area contributed by atoms with Crippen molar-refractivity contribution < 1.29 is 18.0 Å². The first-order chi connectivity index (χ1) is 14.1. The SMILES string of the molecule is Cc1ccc(NS(=O)(=O)c2cccnc2)c(=O)n1CC(=O)NCC(C)ON=C(N)N. The Morgan fingerprint density at radius 1 is 1.33 bits per heavy atom. The minimum atomic E-state index is -4.00. The van der Waals surface area contributed by atoms with Crippen LogP contribution in [0.1, 0.15) is 12.6 Å². The zero-order valence-electron chi connectivity index (χ0n) is 16.4. The molecule has 6 N–H and O–H groups in total. The Labute approximate surface area is 173 Å².